The molecule has 5 heteroatoms. The molecule has 31 heavy (non-hydrogen) atoms. The van der Waals surface area contributed by atoms with E-state index in [0.717, 1.165) is 29.3 Å². The fourth-order valence-corrected chi connectivity index (χ4v) is 5.12. The molecule has 0 radical (unpaired) electrons. The summed E-state index contributed by atoms with van der Waals surface area (Å²) in [6, 6.07) is 11.1. The number of anilines is 1. The molecule has 0 amide bonds. The first-order valence-corrected chi connectivity index (χ1v) is 12.1. The van der Waals surface area contributed by atoms with E-state index >= 15 is 0 Å². The van der Waals surface area contributed by atoms with Crippen molar-refractivity contribution in [3.8, 4) is 11.1 Å². The first kappa shape index (κ1) is 21.8. The summed E-state index contributed by atoms with van der Waals surface area (Å²) in [7, 11) is 2.18. The molecule has 0 saturated heterocycles. The first-order valence-electron chi connectivity index (χ1n) is 12.1. The number of nitrogens with two attached hydrogens (primary N) is 1. The van der Waals surface area contributed by atoms with E-state index in [1.54, 1.807) is 6.33 Å². The van der Waals surface area contributed by atoms with Gasteiger partial charge in [-0.15, -0.1) is 0 Å². The third kappa shape index (κ3) is 5.27. The van der Waals surface area contributed by atoms with Crippen LogP contribution in [0.2, 0.25) is 0 Å². The summed E-state index contributed by atoms with van der Waals surface area (Å²) in [5.41, 5.74) is 8.80. The Morgan fingerprint density at radius 3 is 2.26 bits per heavy atom. The number of H-pyrrole nitrogens is 1. The highest BCUT2D eigenvalue weighted by molar-refractivity contribution is 6.01. The fraction of sp³-hybridized carbons (Fsp3) is 0.538. The highest BCUT2D eigenvalue weighted by Crippen LogP contribution is 2.35. The Labute approximate surface area is 186 Å². The summed E-state index contributed by atoms with van der Waals surface area (Å²) < 4.78 is 0. The minimum absolute atomic E-state index is 0.584. The molecule has 2 aliphatic carbocycles. The predicted octanol–water partition coefficient (Wildman–Crippen LogP) is 5.92. The molecule has 0 atom stereocenters. The summed E-state index contributed by atoms with van der Waals surface area (Å²) in [5, 5.41) is 1.13. The number of hydrogen-bond donors (Lipinski definition) is 2. The molecule has 0 bridgehead atoms. The first-order chi connectivity index (χ1) is 15.3. The number of aromatic amines is 1. The summed E-state index contributed by atoms with van der Waals surface area (Å²) in [4.78, 5) is 14.7. The van der Waals surface area contributed by atoms with Crippen molar-refractivity contribution < 1.29 is 0 Å². The number of benzene rings is 1. The van der Waals surface area contributed by atoms with E-state index < -0.39 is 0 Å². The molecule has 2 fully saturated rings. The molecule has 3 N–H and O–H groups in total. The van der Waals surface area contributed by atoms with Crippen molar-refractivity contribution in [1.82, 2.24) is 15.0 Å². The molecule has 5 nitrogen and oxygen atoms in total. The minimum atomic E-state index is 0.584. The van der Waals surface area contributed by atoms with Crippen LogP contribution < -0.4 is 10.6 Å². The molecule has 2 heterocycles. The van der Waals surface area contributed by atoms with Crippen LogP contribution in [0.5, 0.6) is 0 Å². The highest BCUT2D eigenvalue weighted by Gasteiger charge is 2.22. The number of fused-ring (bicyclic) bond motifs is 1. The Bertz CT molecular complexity index is 923. The summed E-state index contributed by atoms with van der Waals surface area (Å²) in [5.74, 6) is 1.91. The van der Waals surface area contributed by atoms with Crippen molar-refractivity contribution >= 4 is 16.9 Å². The molecule has 166 valence electrons. The van der Waals surface area contributed by atoms with Gasteiger partial charge in [0, 0.05) is 24.8 Å². The van der Waals surface area contributed by atoms with Gasteiger partial charge in [-0.1, -0.05) is 68.9 Å². The smallest absolute Gasteiger partial charge is 0.143 e. The van der Waals surface area contributed by atoms with Crippen LogP contribution in [0.15, 0.2) is 42.9 Å². The second-order valence-electron chi connectivity index (χ2n) is 9.13. The van der Waals surface area contributed by atoms with Gasteiger partial charge in [0.1, 0.15) is 17.8 Å². The van der Waals surface area contributed by atoms with Crippen molar-refractivity contribution in [3.05, 3.63) is 42.9 Å². The average molecular weight is 420 g/mol. The van der Waals surface area contributed by atoms with Crippen molar-refractivity contribution in [2.45, 2.75) is 70.3 Å². The molecular weight excluding hydrogens is 382 g/mol. The van der Waals surface area contributed by atoms with Crippen molar-refractivity contribution in [1.29, 1.82) is 0 Å². The number of nitrogens with one attached hydrogen (secondary N) is 1. The highest BCUT2D eigenvalue weighted by atomic mass is 15.2. The lowest BCUT2D eigenvalue weighted by molar-refractivity contribution is 0.366. The predicted molar refractivity (Wildman–Crippen MR) is 130 cm³/mol. The van der Waals surface area contributed by atoms with E-state index in [4.69, 9.17) is 5.73 Å². The largest absolute Gasteiger partial charge is 0.356 e. The zero-order valence-electron chi connectivity index (χ0n) is 18.9. The minimum Gasteiger partial charge on any atom is -0.356 e. The Morgan fingerprint density at radius 2 is 1.61 bits per heavy atom. The van der Waals surface area contributed by atoms with Crippen LogP contribution in [0.3, 0.4) is 0 Å². The van der Waals surface area contributed by atoms with Crippen molar-refractivity contribution in [2.24, 2.45) is 11.7 Å². The maximum Gasteiger partial charge on any atom is 0.143 e. The molecule has 1 aromatic carbocycles. The van der Waals surface area contributed by atoms with Gasteiger partial charge in [-0.3, -0.25) is 0 Å². The number of aromatic nitrogens is 3. The molecule has 5 rings (SSSR count). The molecule has 2 aliphatic rings. The van der Waals surface area contributed by atoms with Crippen LogP contribution in [0, 0.1) is 5.92 Å². The van der Waals surface area contributed by atoms with Crippen LogP contribution in [0.25, 0.3) is 22.2 Å². The number of rotatable bonds is 4. The van der Waals surface area contributed by atoms with E-state index in [0.29, 0.717) is 6.04 Å². The Morgan fingerprint density at radius 1 is 0.935 bits per heavy atom. The van der Waals surface area contributed by atoms with Crippen LogP contribution in [-0.2, 0) is 0 Å². The second-order valence-corrected chi connectivity index (χ2v) is 9.13. The average Bonchev–Trinajstić information content (AvgIpc) is 3.30. The van der Waals surface area contributed by atoms with Gasteiger partial charge in [-0.2, -0.15) is 0 Å². The lowest BCUT2D eigenvalue weighted by Crippen LogP contribution is -2.34. The molecular formula is C26H37N5. The van der Waals surface area contributed by atoms with Gasteiger partial charge in [0.25, 0.3) is 0 Å². The normalized spacial score (nSPS) is 17.9. The summed E-state index contributed by atoms with van der Waals surface area (Å²) in [6.07, 6.45) is 17.3. The molecule has 3 aromatic rings. The molecule has 0 aliphatic heterocycles. The molecule has 2 saturated carbocycles. The second kappa shape index (κ2) is 10.8. The third-order valence-electron chi connectivity index (χ3n) is 7.05. The van der Waals surface area contributed by atoms with Crippen LogP contribution in [-0.4, -0.2) is 34.6 Å². The Hall–Kier alpha value is -2.40. The zero-order chi connectivity index (χ0) is 21.5. The monoisotopic (exact) mass is 419 g/mol. The Balaban J connectivity index is 0.000000245. The topological polar surface area (TPSA) is 70.8 Å². The van der Waals surface area contributed by atoms with Gasteiger partial charge in [0.2, 0.25) is 0 Å². The van der Waals surface area contributed by atoms with E-state index in [9.17, 15) is 0 Å². The van der Waals surface area contributed by atoms with Gasteiger partial charge in [0.05, 0.1) is 5.39 Å². The van der Waals surface area contributed by atoms with Gasteiger partial charge in [0.15, 0.2) is 0 Å². The van der Waals surface area contributed by atoms with Crippen LogP contribution in [0.1, 0.15) is 64.2 Å². The molecule has 0 unspecified atom stereocenters. The summed E-state index contributed by atoms with van der Waals surface area (Å²) >= 11 is 0. The Kier molecular flexibility index (Phi) is 7.57. The maximum absolute atomic E-state index is 5.50. The standard InChI is InChI=1S/C19H22N4.C7H15N/c1-23(15-10-6-3-7-11-15)19-17-16(14-8-4-2-5-9-14)12-20-18(17)21-13-22-19;8-6-7-4-2-1-3-5-7/h2,4-5,8-9,12-13,15H,3,6-7,10-11H2,1H3,(H,20,21,22);7H,1-6,8H2. The van der Waals surface area contributed by atoms with Gasteiger partial charge in [-0.05, 0) is 43.7 Å². The lowest BCUT2D eigenvalue weighted by Gasteiger charge is -2.32. The van der Waals surface area contributed by atoms with Crippen molar-refractivity contribution in [2.75, 3.05) is 18.5 Å². The fourth-order valence-electron chi connectivity index (χ4n) is 5.12. The van der Waals surface area contributed by atoms with E-state index in [2.05, 4.69) is 51.2 Å². The van der Waals surface area contributed by atoms with Crippen LogP contribution >= 0.6 is 0 Å². The third-order valence-corrected chi connectivity index (χ3v) is 7.05. The van der Waals surface area contributed by atoms with E-state index in [1.165, 1.54) is 75.3 Å². The van der Waals surface area contributed by atoms with Gasteiger partial charge < -0.3 is 15.6 Å². The SMILES string of the molecule is CN(c1ncnc2[nH]cc(-c3ccccc3)c12)C1CCCCC1.NCC1CCCCC1. The number of hydrogen-bond acceptors (Lipinski definition) is 4. The molecule has 0 spiro atoms. The maximum atomic E-state index is 5.50. The van der Waals surface area contributed by atoms with E-state index in [1.807, 2.05) is 12.3 Å². The van der Waals surface area contributed by atoms with Crippen LogP contribution in [0.4, 0.5) is 5.82 Å². The zero-order valence-corrected chi connectivity index (χ0v) is 18.9. The number of nitrogens with zero attached hydrogens (tertiary/aromatic N) is 3. The lowest BCUT2D eigenvalue weighted by atomic mass is 9.90. The summed E-state index contributed by atoms with van der Waals surface area (Å²) in [6.45, 7) is 0.917. The van der Waals surface area contributed by atoms with E-state index in [-0.39, 0.29) is 0 Å². The van der Waals surface area contributed by atoms with Gasteiger partial charge in [-0.25, -0.2) is 9.97 Å². The molecule has 2 aromatic heterocycles. The van der Waals surface area contributed by atoms with Gasteiger partial charge >= 0.3 is 0 Å². The van der Waals surface area contributed by atoms with Crippen molar-refractivity contribution in [3.63, 3.8) is 0 Å². The quantitative estimate of drug-likeness (QED) is 0.551.